The normalized spacial score (nSPS) is 10.1. The highest BCUT2D eigenvalue weighted by Gasteiger charge is 2.11. The second-order valence-electron chi connectivity index (χ2n) is 3.48. The van der Waals surface area contributed by atoms with Gasteiger partial charge < -0.3 is 5.11 Å². The number of nitrogens with one attached hydrogen (secondary N) is 2. The molecular weight excluding hydrogens is 272 g/mol. The molecule has 2 aromatic rings. The third-order valence-corrected chi connectivity index (χ3v) is 2.82. The molecule has 0 aliphatic rings. The second kappa shape index (κ2) is 5.40. The highest BCUT2D eigenvalue weighted by molar-refractivity contribution is 7.14. The fraction of sp³-hybridized carbons (Fsp3) is 0.100. The van der Waals surface area contributed by atoms with Gasteiger partial charge in [-0.3, -0.25) is 19.7 Å². The smallest absolute Gasteiger partial charge is 0.309 e. The van der Waals surface area contributed by atoms with E-state index in [-0.39, 0.29) is 17.2 Å². The first-order valence-corrected chi connectivity index (χ1v) is 5.96. The van der Waals surface area contributed by atoms with Crippen molar-refractivity contribution in [2.45, 2.75) is 6.42 Å². The maximum atomic E-state index is 11.7. The lowest BCUT2D eigenvalue weighted by Crippen LogP contribution is -2.17. The molecule has 0 aliphatic carbocycles. The van der Waals surface area contributed by atoms with Crippen LogP contribution in [0.5, 0.6) is 0 Å². The lowest BCUT2D eigenvalue weighted by Gasteiger charge is -1.99. The third kappa shape index (κ3) is 3.45. The number of carboxylic acid groups (broad SMARTS) is 1. The maximum absolute atomic E-state index is 11.7. The van der Waals surface area contributed by atoms with E-state index in [0.29, 0.717) is 5.69 Å². The number of carbonyl (C=O) groups is 2. The van der Waals surface area contributed by atoms with Gasteiger partial charge in [-0.05, 0) is 6.07 Å². The lowest BCUT2D eigenvalue weighted by molar-refractivity contribution is -0.136. The first-order chi connectivity index (χ1) is 9.04. The van der Waals surface area contributed by atoms with Gasteiger partial charge in [-0.2, -0.15) is 5.10 Å². The van der Waals surface area contributed by atoms with E-state index < -0.39 is 17.4 Å². The number of nitrogens with zero attached hydrogens (tertiary/aromatic N) is 2. The Labute approximate surface area is 110 Å². The second-order valence-corrected chi connectivity index (χ2v) is 4.33. The van der Waals surface area contributed by atoms with E-state index in [1.807, 2.05) is 0 Å². The Morgan fingerprint density at radius 1 is 1.42 bits per heavy atom. The highest BCUT2D eigenvalue weighted by atomic mass is 32.1. The summed E-state index contributed by atoms with van der Waals surface area (Å²) in [5.74, 6) is -1.53. The van der Waals surface area contributed by atoms with Gasteiger partial charge in [0, 0.05) is 11.4 Å². The molecule has 2 rings (SSSR count). The Morgan fingerprint density at radius 2 is 2.21 bits per heavy atom. The summed E-state index contributed by atoms with van der Waals surface area (Å²) in [5, 5.41) is 18.6. The van der Waals surface area contributed by atoms with E-state index in [4.69, 9.17) is 5.11 Å². The molecule has 0 spiro atoms. The zero-order valence-corrected chi connectivity index (χ0v) is 10.2. The van der Waals surface area contributed by atoms with Gasteiger partial charge in [0.2, 0.25) is 0 Å². The lowest BCUT2D eigenvalue weighted by atomic mass is 10.3. The monoisotopic (exact) mass is 280 g/mol. The molecule has 98 valence electrons. The minimum absolute atomic E-state index is 0.0367. The first-order valence-electron chi connectivity index (χ1n) is 5.08. The number of rotatable bonds is 4. The van der Waals surface area contributed by atoms with Gasteiger partial charge in [0.15, 0.2) is 5.13 Å². The fourth-order valence-corrected chi connectivity index (χ4v) is 1.94. The zero-order valence-electron chi connectivity index (χ0n) is 9.41. The molecule has 0 radical (unpaired) electrons. The summed E-state index contributed by atoms with van der Waals surface area (Å²) in [6, 6.07) is 2.46. The summed E-state index contributed by atoms with van der Waals surface area (Å²) in [6.45, 7) is 0. The van der Waals surface area contributed by atoms with E-state index in [9.17, 15) is 14.4 Å². The SMILES string of the molecule is O=C(O)Cc1csc(NC(=O)c2ccc(=O)[nH]n2)n1. The van der Waals surface area contributed by atoms with Crippen molar-refractivity contribution in [2.75, 3.05) is 5.32 Å². The number of amides is 1. The molecule has 1 amide bonds. The van der Waals surface area contributed by atoms with E-state index in [0.717, 1.165) is 11.3 Å². The quantitative estimate of drug-likeness (QED) is 0.729. The van der Waals surface area contributed by atoms with Crippen molar-refractivity contribution in [3.63, 3.8) is 0 Å². The summed E-state index contributed by atoms with van der Waals surface area (Å²) in [5.41, 5.74) is -0.00800. The van der Waals surface area contributed by atoms with Crippen LogP contribution < -0.4 is 10.9 Å². The number of carbonyl (C=O) groups excluding carboxylic acids is 1. The molecule has 2 heterocycles. The van der Waals surface area contributed by atoms with E-state index >= 15 is 0 Å². The number of aromatic nitrogens is 3. The zero-order chi connectivity index (χ0) is 13.8. The van der Waals surface area contributed by atoms with Crippen molar-refractivity contribution in [1.29, 1.82) is 0 Å². The van der Waals surface area contributed by atoms with Gasteiger partial charge in [-0.25, -0.2) is 10.1 Å². The summed E-state index contributed by atoms with van der Waals surface area (Å²) >= 11 is 1.11. The minimum atomic E-state index is -0.995. The number of H-pyrrole nitrogens is 1. The van der Waals surface area contributed by atoms with Crippen molar-refractivity contribution in [1.82, 2.24) is 15.2 Å². The van der Waals surface area contributed by atoms with Crippen LogP contribution in [0.1, 0.15) is 16.2 Å². The van der Waals surface area contributed by atoms with Gasteiger partial charge in [0.25, 0.3) is 11.5 Å². The molecule has 0 saturated carbocycles. The molecule has 0 saturated heterocycles. The van der Waals surface area contributed by atoms with Crippen LogP contribution in [0.3, 0.4) is 0 Å². The van der Waals surface area contributed by atoms with Crippen molar-refractivity contribution in [2.24, 2.45) is 0 Å². The Balaban J connectivity index is 2.06. The Hall–Kier alpha value is -2.55. The molecule has 0 atom stereocenters. The van der Waals surface area contributed by atoms with E-state index in [2.05, 4.69) is 20.5 Å². The van der Waals surface area contributed by atoms with Gasteiger partial charge in [0.1, 0.15) is 5.69 Å². The molecular formula is C10H8N4O4S. The van der Waals surface area contributed by atoms with Crippen LogP contribution in [0, 0.1) is 0 Å². The Morgan fingerprint density at radius 3 is 2.84 bits per heavy atom. The van der Waals surface area contributed by atoms with Crippen molar-refractivity contribution >= 4 is 28.3 Å². The van der Waals surface area contributed by atoms with Crippen LogP contribution in [0.2, 0.25) is 0 Å². The number of thiazole rings is 1. The molecule has 0 aliphatic heterocycles. The molecule has 8 nitrogen and oxygen atoms in total. The molecule has 2 aromatic heterocycles. The molecule has 0 fully saturated rings. The van der Waals surface area contributed by atoms with Crippen LogP contribution in [-0.2, 0) is 11.2 Å². The average molecular weight is 280 g/mol. The van der Waals surface area contributed by atoms with E-state index in [1.54, 1.807) is 5.38 Å². The van der Waals surface area contributed by atoms with Crippen molar-refractivity contribution in [3.05, 3.63) is 39.3 Å². The van der Waals surface area contributed by atoms with E-state index in [1.165, 1.54) is 12.1 Å². The van der Waals surface area contributed by atoms with Crippen molar-refractivity contribution in [3.8, 4) is 0 Å². The van der Waals surface area contributed by atoms with Crippen LogP contribution in [0.15, 0.2) is 22.3 Å². The van der Waals surface area contributed by atoms with Gasteiger partial charge >= 0.3 is 5.97 Å². The molecule has 0 bridgehead atoms. The van der Waals surface area contributed by atoms with Crippen LogP contribution in [-0.4, -0.2) is 32.2 Å². The van der Waals surface area contributed by atoms with Gasteiger partial charge in [0.05, 0.1) is 12.1 Å². The third-order valence-electron chi connectivity index (χ3n) is 2.02. The number of aliphatic carboxylic acids is 1. The number of aromatic amines is 1. The average Bonchev–Trinajstić information content (AvgIpc) is 2.76. The number of hydrogen-bond donors (Lipinski definition) is 3. The molecule has 0 aromatic carbocycles. The predicted molar refractivity (Wildman–Crippen MR) is 66.3 cm³/mol. The summed E-state index contributed by atoms with van der Waals surface area (Å²) in [6.07, 6.45) is -0.205. The molecule has 0 unspecified atom stereocenters. The fourth-order valence-electron chi connectivity index (χ4n) is 1.23. The number of anilines is 1. The van der Waals surface area contributed by atoms with Crippen molar-refractivity contribution < 1.29 is 14.7 Å². The van der Waals surface area contributed by atoms with Crippen LogP contribution in [0.4, 0.5) is 5.13 Å². The Bertz CT molecular complexity index is 658. The molecule has 9 heteroatoms. The molecule has 3 N–H and O–H groups in total. The summed E-state index contributed by atoms with van der Waals surface area (Å²) in [4.78, 5) is 36.9. The van der Waals surface area contributed by atoms with Gasteiger partial charge in [-0.1, -0.05) is 0 Å². The topological polar surface area (TPSA) is 125 Å². The standard InChI is InChI=1S/C10H8N4O4S/c15-7-2-1-6(13-14-7)9(18)12-10-11-5(4-19-10)3-8(16)17/h1-2,4H,3H2,(H,14,15)(H,16,17)(H,11,12,18). The number of carboxylic acids is 1. The highest BCUT2D eigenvalue weighted by Crippen LogP contribution is 2.16. The largest absolute Gasteiger partial charge is 0.481 e. The Kier molecular flexibility index (Phi) is 3.66. The van der Waals surface area contributed by atoms with Crippen LogP contribution in [0.25, 0.3) is 0 Å². The first kappa shape index (κ1) is 12.9. The minimum Gasteiger partial charge on any atom is -0.481 e. The van der Waals surface area contributed by atoms with Gasteiger partial charge in [-0.15, -0.1) is 11.3 Å². The summed E-state index contributed by atoms with van der Waals surface area (Å²) < 4.78 is 0. The summed E-state index contributed by atoms with van der Waals surface area (Å²) in [7, 11) is 0. The number of hydrogen-bond acceptors (Lipinski definition) is 6. The predicted octanol–water partition coefficient (Wildman–Crippen LogP) is 0.106. The maximum Gasteiger partial charge on any atom is 0.309 e. The molecule has 19 heavy (non-hydrogen) atoms. The van der Waals surface area contributed by atoms with Crippen LogP contribution >= 0.6 is 11.3 Å².